The highest BCUT2D eigenvalue weighted by Gasteiger charge is 2.16. The number of aryl methyl sites for hydroxylation is 2. The maximum Gasteiger partial charge on any atom is 0.287 e. The van der Waals surface area contributed by atoms with Gasteiger partial charge in [-0.05, 0) is 85.6 Å². The van der Waals surface area contributed by atoms with E-state index in [1.54, 1.807) is 91.9 Å². The van der Waals surface area contributed by atoms with E-state index < -0.39 is 23.0 Å². The minimum absolute atomic E-state index is 0. The lowest BCUT2D eigenvalue weighted by Gasteiger charge is -2.10. The highest BCUT2D eigenvalue weighted by molar-refractivity contribution is 5.82. The van der Waals surface area contributed by atoms with Crippen molar-refractivity contribution in [2.45, 2.75) is 34.4 Å². The van der Waals surface area contributed by atoms with Gasteiger partial charge in [-0.25, -0.2) is 28.1 Å². The third kappa shape index (κ3) is 11.0. The number of rotatable bonds is 8. The van der Waals surface area contributed by atoms with Crippen LogP contribution < -0.4 is 16.6 Å². The van der Waals surface area contributed by atoms with Crippen molar-refractivity contribution >= 4 is 27.6 Å². The van der Waals surface area contributed by atoms with E-state index in [2.05, 4.69) is 65.1 Å². The number of aromatic amines is 1. The van der Waals surface area contributed by atoms with Crippen LogP contribution in [-0.2, 0) is 13.1 Å². The van der Waals surface area contributed by atoms with Crippen LogP contribution in [0.1, 0.15) is 29.9 Å². The van der Waals surface area contributed by atoms with Gasteiger partial charge >= 0.3 is 0 Å². The number of halogens is 4. The number of hydrogen-bond donors (Lipinski definition) is 3. The smallest absolute Gasteiger partial charge is 0.287 e. The fourth-order valence-corrected chi connectivity index (χ4v) is 6.60. The van der Waals surface area contributed by atoms with Crippen LogP contribution in [0.15, 0.2) is 140 Å². The molecule has 10 rings (SSSR count). The molecule has 4 N–H and O–H groups in total. The predicted molar refractivity (Wildman–Crippen MR) is 250 cm³/mol. The fourth-order valence-electron chi connectivity index (χ4n) is 6.60. The SMILES string of the molecule is C.Cc1cc(-c2ncc(CN)cc2F)ccn1.Cc1cc(-c2ncc(CNc3ncnc(-c4cc5cccnc5cn4)c3F)cc2F)ccn1.O=c1[nH]cnc(-c2cc3cccnc3cn2)c1F. The number of nitrogens with one attached hydrogen (secondary N) is 2. The Labute approximate surface area is 385 Å². The molecule has 10 aromatic rings. The van der Waals surface area contributed by atoms with Crippen LogP contribution in [0, 0.1) is 37.1 Å². The van der Waals surface area contributed by atoms with Crippen LogP contribution in [-0.4, -0.2) is 59.8 Å². The van der Waals surface area contributed by atoms with Crippen molar-refractivity contribution in [3.8, 4) is 45.3 Å². The molecular formula is C49H40F4N14O. The number of pyridine rings is 8. The zero-order valence-corrected chi connectivity index (χ0v) is 35.5. The average molecular weight is 917 g/mol. The summed E-state index contributed by atoms with van der Waals surface area (Å²) in [6, 6.07) is 20.4. The maximum absolute atomic E-state index is 15.1. The Hall–Kier alpha value is -8.84. The van der Waals surface area contributed by atoms with E-state index in [0.717, 1.165) is 34.1 Å². The van der Waals surface area contributed by atoms with Gasteiger partial charge in [0, 0.05) is 83.6 Å². The molecule has 0 aliphatic heterocycles. The monoisotopic (exact) mass is 916 g/mol. The normalized spacial score (nSPS) is 10.6. The second-order valence-electron chi connectivity index (χ2n) is 14.6. The maximum atomic E-state index is 15.1. The van der Waals surface area contributed by atoms with Crippen molar-refractivity contribution in [1.82, 2.24) is 59.8 Å². The molecule has 0 atom stereocenters. The lowest BCUT2D eigenvalue weighted by atomic mass is 10.1. The van der Waals surface area contributed by atoms with Gasteiger partial charge in [-0.15, -0.1) is 0 Å². The molecule has 15 nitrogen and oxygen atoms in total. The van der Waals surface area contributed by atoms with E-state index in [4.69, 9.17) is 5.73 Å². The van der Waals surface area contributed by atoms with Crippen LogP contribution in [0.4, 0.5) is 23.4 Å². The topological polar surface area (TPSA) is 213 Å². The molecule has 0 amide bonds. The Morgan fingerprint density at radius 2 is 1.10 bits per heavy atom. The van der Waals surface area contributed by atoms with Crippen LogP contribution in [0.25, 0.3) is 67.1 Å². The standard InChI is InChI=1S/C24H17F2N7.C12H7FN4O.C12H12FN3.CH4/c1-14-7-17(4-6-27-14)22-18(25)8-15(10-30-22)11-31-24-21(26)23(32-13-33-24)19-9-16-3-2-5-28-20(16)12-29-19;13-10-11(16-6-17-12(10)18)8-4-7-2-1-3-14-9(7)5-15-8;1-8-4-10(2-3-15-8)12-11(13)5-9(6-14)7-16-12;/h2-10,12-13H,11H2,1H3,(H,31,32,33);1-6H,(H,16,17,18);2-5,7H,6,14H2,1H3;1H4. The second-order valence-corrected chi connectivity index (χ2v) is 14.6. The molecule has 0 radical (unpaired) electrons. The molecule has 10 heterocycles. The zero-order valence-electron chi connectivity index (χ0n) is 35.5. The van der Waals surface area contributed by atoms with Gasteiger partial charge in [0.15, 0.2) is 11.6 Å². The molecule has 0 aromatic carbocycles. The lowest BCUT2D eigenvalue weighted by Crippen LogP contribution is -2.12. The number of hydrogen-bond acceptors (Lipinski definition) is 14. The van der Waals surface area contributed by atoms with E-state index in [1.807, 2.05) is 26.0 Å². The number of aromatic nitrogens is 12. The van der Waals surface area contributed by atoms with E-state index in [9.17, 15) is 18.0 Å². The molecule has 0 aliphatic carbocycles. The molecule has 0 fully saturated rings. The van der Waals surface area contributed by atoms with Crippen molar-refractivity contribution in [3.63, 3.8) is 0 Å². The second kappa shape index (κ2) is 21.4. The summed E-state index contributed by atoms with van der Waals surface area (Å²) < 4.78 is 57.1. The van der Waals surface area contributed by atoms with Gasteiger partial charge in [0.2, 0.25) is 5.82 Å². The average Bonchev–Trinajstić information content (AvgIpc) is 3.34. The molecule has 0 saturated carbocycles. The predicted octanol–water partition coefficient (Wildman–Crippen LogP) is 8.95. The van der Waals surface area contributed by atoms with Gasteiger partial charge in [0.05, 0.1) is 41.1 Å². The van der Waals surface area contributed by atoms with Gasteiger partial charge in [0.1, 0.15) is 40.7 Å². The quantitative estimate of drug-likeness (QED) is 0.121. The van der Waals surface area contributed by atoms with Gasteiger partial charge in [-0.3, -0.25) is 44.7 Å². The first-order chi connectivity index (χ1) is 32.5. The van der Waals surface area contributed by atoms with Gasteiger partial charge in [-0.1, -0.05) is 19.6 Å². The molecule has 0 bridgehead atoms. The van der Waals surface area contributed by atoms with Gasteiger partial charge in [0.25, 0.3) is 5.56 Å². The first kappa shape index (κ1) is 47.1. The minimum Gasteiger partial charge on any atom is -0.363 e. The molecule has 68 heavy (non-hydrogen) atoms. The van der Waals surface area contributed by atoms with Crippen LogP contribution in [0.2, 0.25) is 0 Å². The third-order valence-electron chi connectivity index (χ3n) is 9.88. The van der Waals surface area contributed by atoms with E-state index in [-0.39, 0.29) is 42.7 Å². The first-order valence-corrected chi connectivity index (χ1v) is 20.3. The van der Waals surface area contributed by atoms with Gasteiger partial charge < -0.3 is 16.0 Å². The minimum atomic E-state index is -0.937. The highest BCUT2D eigenvalue weighted by atomic mass is 19.1. The summed E-state index contributed by atoms with van der Waals surface area (Å²) in [7, 11) is 0. The van der Waals surface area contributed by atoms with Crippen LogP contribution in [0.5, 0.6) is 0 Å². The highest BCUT2D eigenvalue weighted by Crippen LogP contribution is 2.27. The van der Waals surface area contributed by atoms with Crippen molar-refractivity contribution in [1.29, 1.82) is 0 Å². The van der Waals surface area contributed by atoms with E-state index >= 15 is 4.39 Å². The summed E-state index contributed by atoms with van der Waals surface area (Å²) in [6.45, 7) is 4.10. The molecule has 10 aromatic heterocycles. The first-order valence-electron chi connectivity index (χ1n) is 20.3. The van der Waals surface area contributed by atoms with Crippen molar-refractivity contribution in [2.75, 3.05) is 5.32 Å². The Bertz CT molecular complexity index is 3450. The summed E-state index contributed by atoms with van der Waals surface area (Å²) in [6.07, 6.45) is 15.2. The number of fused-ring (bicyclic) bond motifs is 2. The van der Waals surface area contributed by atoms with Crippen molar-refractivity contribution < 1.29 is 17.6 Å². The van der Waals surface area contributed by atoms with Crippen LogP contribution in [0.3, 0.4) is 0 Å². The Kier molecular flexibility index (Phi) is 14.9. The Morgan fingerprint density at radius 3 is 1.65 bits per heavy atom. The number of nitrogens with zero attached hydrogens (tertiary/aromatic N) is 11. The van der Waals surface area contributed by atoms with E-state index in [1.165, 1.54) is 24.7 Å². The molecule has 0 spiro atoms. The molecular weight excluding hydrogens is 877 g/mol. The lowest BCUT2D eigenvalue weighted by molar-refractivity contribution is 0.604. The Balaban J connectivity index is 0.000000165. The number of anilines is 1. The summed E-state index contributed by atoms with van der Waals surface area (Å²) in [4.78, 5) is 58.3. The van der Waals surface area contributed by atoms with E-state index in [0.29, 0.717) is 51.4 Å². The molecule has 340 valence electrons. The van der Waals surface area contributed by atoms with Crippen molar-refractivity contribution in [2.24, 2.45) is 5.73 Å². The molecule has 19 heteroatoms. The molecule has 0 aliphatic rings. The molecule has 0 unspecified atom stereocenters. The molecule has 0 saturated heterocycles. The summed E-state index contributed by atoms with van der Waals surface area (Å²) in [5.74, 6) is -2.42. The van der Waals surface area contributed by atoms with Gasteiger partial charge in [-0.2, -0.15) is 4.39 Å². The summed E-state index contributed by atoms with van der Waals surface area (Å²) >= 11 is 0. The summed E-state index contributed by atoms with van der Waals surface area (Å²) in [5, 5.41) is 4.52. The number of nitrogens with two attached hydrogens (primary N) is 1. The largest absolute Gasteiger partial charge is 0.363 e. The third-order valence-corrected chi connectivity index (χ3v) is 9.88. The fraction of sp³-hybridized carbons (Fsp3) is 0.102. The number of H-pyrrole nitrogens is 1. The van der Waals surface area contributed by atoms with Crippen LogP contribution >= 0.6 is 0 Å². The summed E-state index contributed by atoms with van der Waals surface area (Å²) in [5.41, 5.74) is 11.4. The zero-order chi connectivity index (χ0) is 46.9. The Morgan fingerprint density at radius 1 is 0.559 bits per heavy atom. The van der Waals surface area contributed by atoms with Crippen molar-refractivity contribution in [3.05, 3.63) is 191 Å².